The quantitative estimate of drug-likeness (QED) is 0.0315. The van der Waals surface area contributed by atoms with Crippen LogP contribution in [0.5, 0.6) is 0 Å². The fourth-order valence-electron chi connectivity index (χ4n) is 9.61. The Kier molecular flexibility index (Phi) is 22.8. The van der Waals surface area contributed by atoms with Gasteiger partial charge in [0.1, 0.15) is 62.0 Å². The summed E-state index contributed by atoms with van der Waals surface area (Å²) < 4.78 is 65.8. The summed E-state index contributed by atoms with van der Waals surface area (Å²) in [6, 6.07) is 59.4. The summed E-state index contributed by atoms with van der Waals surface area (Å²) in [5.74, 6) is -0.991. The summed E-state index contributed by atoms with van der Waals surface area (Å²) in [6.45, 7) is 9.56. The van der Waals surface area contributed by atoms with Crippen molar-refractivity contribution >= 4 is 11.9 Å². The van der Waals surface area contributed by atoms with Gasteiger partial charge in [-0.05, 0) is 52.6 Å². The van der Waals surface area contributed by atoms with E-state index in [1.807, 2.05) is 182 Å². The van der Waals surface area contributed by atoms with Crippen LogP contribution in [0.15, 0.2) is 207 Å². The Morgan fingerprint density at radius 2 is 0.584 bits per heavy atom. The van der Waals surface area contributed by atoms with Crippen molar-refractivity contribution in [2.75, 3.05) is 13.2 Å². The highest BCUT2D eigenvalue weighted by Crippen LogP contribution is 2.34. The first-order valence-corrected chi connectivity index (χ1v) is 26.7. The number of carbonyl (C=O) groups is 2. The average molecular weight is 1050 g/mol. The van der Waals surface area contributed by atoms with E-state index >= 15 is 0 Å². The molecule has 8 rings (SSSR count). The third-order valence-electron chi connectivity index (χ3n) is 13.5. The van der Waals surface area contributed by atoms with Crippen LogP contribution in [-0.2, 0) is 96.6 Å². The Morgan fingerprint density at radius 1 is 0.351 bits per heavy atom. The number of hydrogen-bond donors (Lipinski definition) is 0. The van der Waals surface area contributed by atoms with Crippen molar-refractivity contribution in [3.8, 4) is 0 Å². The number of carbonyl (C=O) groups excluding carboxylic acids is 2. The number of rotatable bonds is 30. The highest BCUT2D eigenvalue weighted by atomic mass is 16.6. The summed E-state index contributed by atoms with van der Waals surface area (Å²) >= 11 is 0. The van der Waals surface area contributed by atoms with E-state index in [1.54, 1.807) is 12.2 Å². The Balaban J connectivity index is 0.921. The summed E-state index contributed by atoms with van der Waals surface area (Å²) in [7, 11) is 0. The SMILES string of the molecule is C=CC[C@H]1O[C@H](COC(=O)CCCC(=O)OC[C@H]2O[C@H](CC=C)[C@@H](OCc3ccccc3)[C@@H](OCc3ccccc3)[C@@H]2OCc2ccccc2)[C@@H](OCc2ccccc2)[C@H](OCc2ccccc2)[C@@H]1OCc1ccccc1. The third-order valence-corrected chi connectivity index (χ3v) is 13.5. The monoisotopic (exact) mass is 1040 g/mol. The molecule has 0 spiro atoms. The molecule has 2 aliphatic rings. The van der Waals surface area contributed by atoms with E-state index in [-0.39, 0.29) is 45.7 Å². The van der Waals surface area contributed by atoms with E-state index in [2.05, 4.69) is 13.2 Å². The Morgan fingerprint density at radius 3 is 0.831 bits per heavy atom. The number of benzene rings is 6. The molecule has 2 fully saturated rings. The van der Waals surface area contributed by atoms with Crippen molar-refractivity contribution in [1.82, 2.24) is 0 Å². The van der Waals surface area contributed by atoms with Crippen LogP contribution in [-0.4, -0.2) is 86.2 Å². The zero-order valence-corrected chi connectivity index (χ0v) is 43.8. The van der Waals surface area contributed by atoms with E-state index in [0.717, 1.165) is 33.4 Å². The molecule has 404 valence electrons. The maximum Gasteiger partial charge on any atom is 0.305 e. The molecule has 0 aromatic heterocycles. The standard InChI is InChI=1S/C65H72O12/c1-3-24-54-60(70-40-48-26-11-5-12-27-48)64(74-44-52-34-19-9-20-35-52)62(72-42-50-30-15-7-16-31-50)56(76-54)46-68-58(66)38-23-39-59(67)69-47-57-63(73-43-51-32-17-8-18-33-51)65(75-45-53-36-21-10-22-37-53)61(55(77-57)25-4-2)71-41-49-28-13-6-14-29-49/h3-22,26-37,54-57,60-65H,1-2,23-25,38-47H2/t54-,55-,56-,57-,60-,61-,62-,63-,64-,65-/m1/s1. The van der Waals surface area contributed by atoms with Gasteiger partial charge in [-0.3, -0.25) is 9.59 Å². The zero-order chi connectivity index (χ0) is 53.3. The second-order valence-corrected chi connectivity index (χ2v) is 19.3. The Labute approximate surface area is 453 Å². The molecule has 12 nitrogen and oxygen atoms in total. The van der Waals surface area contributed by atoms with E-state index in [0.29, 0.717) is 39.3 Å². The maximum atomic E-state index is 13.6. The molecular formula is C65H72O12. The average Bonchev–Trinajstić information content (AvgIpc) is 3.48. The lowest BCUT2D eigenvalue weighted by Gasteiger charge is -2.46. The lowest BCUT2D eigenvalue weighted by molar-refractivity contribution is -0.270. The van der Waals surface area contributed by atoms with Gasteiger partial charge in [-0.1, -0.05) is 194 Å². The van der Waals surface area contributed by atoms with Crippen LogP contribution < -0.4 is 0 Å². The van der Waals surface area contributed by atoms with Crippen molar-refractivity contribution in [2.24, 2.45) is 0 Å². The van der Waals surface area contributed by atoms with Gasteiger partial charge in [0.05, 0.1) is 51.8 Å². The molecule has 2 saturated heterocycles. The normalized spacial score (nSPS) is 23.1. The lowest BCUT2D eigenvalue weighted by Crippen LogP contribution is -2.61. The molecule has 77 heavy (non-hydrogen) atoms. The summed E-state index contributed by atoms with van der Waals surface area (Å²) in [4.78, 5) is 27.1. The van der Waals surface area contributed by atoms with Gasteiger partial charge in [0.2, 0.25) is 0 Å². The maximum absolute atomic E-state index is 13.6. The first-order chi connectivity index (χ1) is 37.9. The van der Waals surface area contributed by atoms with Gasteiger partial charge in [0.15, 0.2) is 0 Å². The van der Waals surface area contributed by atoms with Gasteiger partial charge in [-0.2, -0.15) is 0 Å². The largest absolute Gasteiger partial charge is 0.463 e. The van der Waals surface area contributed by atoms with E-state index in [4.69, 9.17) is 47.4 Å². The highest BCUT2D eigenvalue weighted by Gasteiger charge is 2.50. The van der Waals surface area contributed by atoms with Crippen LogP contribution in [0.3, 0.4) is 0 Å². The molecule has 0 unspecified atom stereocenters. The number of esters is 2. The predicted octanol–water partition coefficient (Wildman–Crippen LogP) is 11.4. The van der Waals surface area contributed by atoms with E-state index in [9.17, 15) is 9.59 Å². The molecule has 0 bridgehead atoms. The Hall–Kier alpha value is -6.58. The molecule has 0 saturated carbocycles. The summed E-state index contributed by atoms with van der Waals surface area (Å²) in [5.41, 5.74) is 5.89. The molecule has 0 N–H and O–H groups in total. The third kappa shape index (κ3) is 17.7. The van der Waals surface area contributed by atoms with Crippen LogP contribution in [0.4, 0.5) is 0 Å². The lowest BCUT2D eigenvalue weighted by atomic mass is 9.92. The molecule has 2 aliphatic heterocycles. The van der Waals surface area contributed by atoms with Crippen molar-refractivity contribution in [3.63, 3.8) is 0 Å². The Bertz CT molecular complexity index is 2440. The van der Waals surface area contributed by atoms with Gasteiger partial charge in [-0.15, -0.1) is 13.2 Å². The van der Waals surface area contributed by atoms with Crippen LogP contribution in [0.25, 0.3) is 0 Å². The van der Waals surface area contributed by atoms with E-state index < -0.39 is 73.0 Å². The zero-order valence-electron chi connectivity index (χ0n) is 43.8. The smallest absolute Gasteiger partial charge is 0.305 e. The summed E-state index contributed by atoms with van der Waals surface area (Å²) in [6.07, 6.45) is -1.61. The molecule has 0 aliphatic carbocycles. The summed E-state index contributed by atoms with van der Waals surface area (Å²) in [5, 5.41) is 0. The van der Waals surface area contributed by atoms with Crippen LogP contribution in [0.1, 0.15) is 65.5 Å². The minimum atomic E-state index is -0.726. The minimum absolute atomic E-state index is 0.0375. The van der Waals surface area contributed by atoms with Crippen LogP contribution in [0, 0.1) is 0 Å². The highest BCUT2D eigenvalue weighted by molar-refractivity contribution is 5.72. The molecule has 6 aromatic carbocycles. The van der Waals surface area contributed by atoms with Crippen molar-refractivity contribution in [3.05, 3.63) is 241 Å². The first kappa shape index (κ1) is 56.6. The van der Waals surface area contributed by atoms with Crippen LogP contribution in [0.2, 0.25) is 0 Å². The van der Waals surface area contributed by atoms with E-state index in [1.165, 1.54) is 0 Å². The molecular weight excluding hydrogens is 973 g/mol. The van der Waals surface area contributed by atoms with Crippen molar-refractivity contribution in [1.29, 1.82) is 0 Å². The van der Waals surface area contributed by atoms with Gasteiger partial charge in [0, 0.05) is 12.8 Å². The fraction of sp³-hybridized carbons (Fsp3) is 0.354. The molecule has 12 heteroatoms. The minimum Gasteiger partial charge on any atom is -0.463 e. The van der Waals surface area contributed by atoms with Crippen molar-refractivity contribution < 1.29 is 57.0 Å². The second-order valence-electron chi connectivity index (χ2n) is 19.3. The predicted molar refractivity (Wildman–Crippen MR) is 293 cm³/mol. The second kappa shape index (κ2) is 31.0. The molecule has 0 amide bonds. The van der Waals surface area contributed by atoms with Crippen molar-refractivity contribution in [2.45, 2.75) is 133 Å². The number of ether oxygens (including phenoxy) is 10. The van der Waals surface area contributed by atoms with Gasteiger partial charge < -0.3 is 47.4 Å². The molecule has 0 radical (unpaired) electrons. The fourth-order valence-corrected chi connectivity index (χ4v) is 9.61. The molecule has 6 aromatic rings. The van der Waals surface area contributed by atoms with Gasteiger partial charge >= 0.3 is 11.9 Å². The van der Waals surface area contributed by atoms with Crippen LogP contribution >= 0.6 is 0 Å². The molecule has 2 heterocycles. The topological polar surface area (TPSA) is 126 Å². The van der Waals surface area contributed by atoms with Gasteiger partial charge in [-0.25, -0.2) is 0 Å². The van der Waals surface area contributed by atoms with Gasteiger partial charge in [0.25, 0.3) is 0 Å². The first-order valence-electron chi connectivity index (χ1n) is 26.7. The molecule has 10 atom stereocenters. The number of hydrogen-bond acceptors (Lipinski definition) is 12.